The highest BCUT2D eigenvalue weighted by Crippen LogP contribution is 2.03. The van der Waals surface area contributed by atoms with Crippen LogP contribution in [0.3, 0.4) is 0 Å². The van der Waals surface area contributed by atoms with E-state index < -0.39 is 0 Å². The first kappa shape index (κ1) is 13.2. The molecule has 0 bridgehead atoms. The zero-order chi connectivity index (χ0) is 11.6. The Balaban J connectivity index is 2.01. The minimum atomic E-state index is 0.830. The molecule has 1 rings (SSSR count). The minimum absolute atomic E-state index is 0.830. The van der Waals surface area contributed by atoms with Gasteiger partial charge in [-0.2, -0.15) is 0 Å². The second kappa shape index (κ2) is 8.31. The first-order valence-electron chi connectivity index (χ1n) is 6.29. The molecule has 1 aromatic carbocycles. The summed E-state index contributed by atoms with van der Waals surface area (Å²) in [6.45, 7) is 5.04. The Kier molecular flexibility index (Phi) is 6.86. The van der Waals surface area contributed by atoms with Gasteiger partial charge < -0.3 is 11.1 Å². The maximum Gasteiger partial charge on any atom is 0.0205 e. The monoisotopic (exact) mass is 220 g/mol. The van der Waals surface area contributed by atoms with E-state index in [0.717, 1.165) is 26.1 Å². The second-order valence-electron chi connectivity index (χ2n) is 4.37. The predicted molar refractivity (Wildman–Crippen MR) is 70.4 cm³/mol. The van der Waals surface area contributed by atoms with Crippen molar-refractivity contribution in [3.8, 4) is 0 Å². The van der Waals surface area contributed by atoms with E-state index in [4.69, 9.17) is 5.73 Å². The number of unbranched alkanes of at least 4 members (excludes halogenated alkanes) is 3. The summed E-state index contributed by atoms with van der Waals surface area (Å²) in [5.41, 5.74) is 8.13. The summed E-state index contributed by atoms with van der Waals surface area (Å²) in [5.74, 6) is 0. The van der Waals surface area contributed by atoms with E-state index in [1.54, 1.807) is 0 Å². The summed E-state index contributed by atoms with van der Waals surface area (Å²) in [6, 6.07) is 8.71. The molecule has 3 N–H and O–H groups in total. The van der Waals surface area contributed by atoms with Crippen LogP contribution in [0.15, 0.2) is 24.3 Å². The molecule has 0 unspecified atom stereocenters. The molecule has 1 aromatic rings. The molecule has 90 valence electrons. The Labute approximate surface area is 99.2 Å². The van der Waals surface area contributed by atoms with Crippen molar-refractivity contribution in [2.75, 3.05) is 13.1 Å². The summed E-state index contributed by atoms with van der Waals surface area (Å²) >= 11 is 0. The van der Waals surface area contributed by atoms with Gasteiger partial charge in [0.2, 0.25) is 0 Å². The molecule has 0 atom stereocenters. The van der Waals surface area contributed by atoms with Crippen LogP contribution in [0.5, 0.6) is 0 Å². The van der Waals surface area contributed by atoms with Crippen molar-refractivity contribution >= 4 is 0 Å². The normalized spacial score (nSPS) is 10.6. The largest absolute Gasteiger partial charge is 0.330 e. The van der Waals surface area contributed by atoms with E-state index in [0.29, 0.717) is 0 Å². The lowest BCUT2D eigenvalue weighted by molar-refractivity contribution is 0.590. The van der Waals surface area contributed by atoms with E-state index in [-0.39, 0.29) is 0 Å². The number of hydrogen-bond acceptors (Lipinski definition) is 2. The van der Waals surface area contributed by atoms with Crippen LogP contribution in [0, 0.1) is 6.92 Å². The number of rotatable bonds is 8. The average Bonchev–Trinajstić information content (AvgIpc) is 2.30. The molecule has 16 heavy (non-hydrogen) atoms. The standard InChI is InChI=1S/C14H24N2/c1-13-6-8-14(9-7-13)12-16-11-5-3-2-4-10-15/h6-9,16H,2-5,10-12,15H2,1H3. The maximum absolute atomic E-state index is 5.44. The van der Waals surface area contributed by atoms with E-state index in [1.807, 2.05) is 0 Å². The molecule has 0 spiro atoms. The van der Waals surface area contributed by atoms with Crippen LogP contribution in [0.2, 0.25) is 0 Å². The molecule has 0 radical (unpaired) electrons. The van der Waals surface area contributed by atoms with Gasteiger partial charge in [-0.15, -0.1) is 0 Å². The first-order valence-corrected chi connectivity index (χ1v) is 6.29. The summed E-state index contributed by atoms with van der Waals surface area (Å²) in [7, 11) is 0. The van der Waals surface area contributed by atoms with Crippen LogP contribution in [-0.2, 0) is 6.54 Å². The zero-order valence-electron chi connectivity index (χ0n) is 10.3. The van der Waals surface area contributed by atoms with Gasteiger partial charge in [-0.25, -0.2) is 0 Å². The molecule has 0 saturated heterocycles. The lowest BCUT2D eigenvalue weighted by Gasteiger charge is -2.05. The summed E-state index contributed by atoms with van der Waals surface area (Å²) in [4.78, 5) is 0. The highest BCUT2D eigenvalue weighted by atomic mass is 14.8. The first-order chi connectivity index (χ1) is 7.83. The zero-order valence-corrected chi connectivity index (χ0v) is 10.3. The quantitative estimate of drug-likeness (QED) is 0.661. The fraction of sp³-hybridized carbons (Fsp3) is 0.571. The van der Waals surface area contributed by atoms with Crippen LogP contribution in [-0.4, -0.2) is 13.1 Å². The molecule has 0 aromatic heterocycles. The number of nitrogens with one attached hydrogen (secondary N) is 1. The number of hydrogen-bond donors (Lipinski definition) is 2. The lowest BCUT2D eigenvalue weighted by atomic mass is 10.1. The maximum atomic E-state index is 5.44. The van der Waals surface area contributed by atoms with Gasteiger partial charge in [0, 0.05) is 6.54 Å². The van der Waals surface area contributed by atoms with Crippen LogP contribution < -0.4 is 11.1 Å². The summed E-state index contributed by atoms with van der Waals surface area (Å²) < 4.78 is 0. The minimum Gasteiger partial charge on any atom is -0.330 e. The molecule has 0 aliphatic carbocycles. The summed E-state index contributed by atoms with van der Waals surface area (Å²) in [6.07, 6.45) is 4.98. The number of benzene rings is 1. The van der Waals surface area contributed by atoms with Crippen molar-refractivity contribution in [1.82, 2.24) is 5.32 Å². The fourth-order valence-electron chi connectivity index (χ4n) is 1.69. The molecule has 2 heteroatoms. The van der Waals surface area contributed by atoms with Crippen LogP contribution in [0.1, 0.15) is 36.8 Å². The van der Waals surface area contributed by atoms with Gasteiger partial charge in [-0.05, 0) is 38.4 Å². The third-order valence-electron chi connectivity index (χ3n) is 2.76. The van der Waals surface area contributed by atoms with Crippen molar-refractivity contribution in [2.24, 2.45) is 5.73 Å². The Morgan fingerprint density at radius 1 is 1.00 bits per heavy atom. The number of nitrogens with two attached hydrogens (primary N) is 1. The van der Waals surface area contributed by atoms with Gasteiger partial charge in [0.25, 0.3) is 0 Å². The highest BCUT2D eigenvalue weighted by Gasteiger charge is 1.92. The van der Waals surface area contributed by atoms with Crippen LogP contribution in [0.4, 0.5) is 0 Å². The predicted octanol–water partition coefficient (Wildman–Crippen LogP) is 2.60. The third kappa shape index (κ3) is 5.89. The van der Waals surface area contributed by atoms with Crippen molar-refractivity contribution in [1.29, 1.82) is 0 Å². The average molecular weight is 220 g/mol. The molecule has 0 amide bonds. The summed E-state index contributed by atoms with van der Waals surface area (Å²) in [5, 5.41) is 3.47. The van der Waals surface area contributed by atoms with E-state index >= 15 is 0 Å². The van der Waals surface area contributed by atoms with Crippen molar-refractivity contribution in [2.45, 2.75) is 39.2 Å². The second-order valence-corrected chi connectivity index (χ2v) is 4.37. The fourth-order valence-corrected chi connectivity index (χ4v) is 1.69. The smallest absolute Gasteiger partial charge is 0.0205 e. The molecule has 0 fully saturated rings. The molecule has 0 aliphatic heterocycles. The van der Waals surface area contributed by atoms with Crippen LogP contribution >= 0.6 is 0 Å². The van der Waals surface area contributed by atoms with Gasteiger partial charge in [0.1, 0.15) is 0 Å². The topological polar surface area (TPSA) is 38.0 Å². The van der Waals surface area contributed by atoms with E-state index in [9.17, 15) is 0 Å². The Hall–Kier alpha value is -0.860. The molecular weight excluding hydrogens is 196 g/mol. The molecule has 0 saturated carbocycles. The highest BCUT2D eigenvalue weighted by molar-refractivity contribution is 5.20. The Morgan fingerprint density at radius 3 is 2.38 bits per heavy atom. The van der Waals surface area contributed by atoms with Gasteiger partial charge in [0.15, 0.2) is 0 Å². The van der Waals surface area contributed by atoms with E-state index in [1.165, 1.54) is 30.4 Å². The molecule has 2 nitrogen and oxygen atoms in total. The van der Waals surface area contributed by atoms with Crippen LogP contribution in [0.25, 0.3) is 0 Å². The third-order valence-corrected chi connectivity index (χ3v) is 2.76. The van der Waals surface area contributed by atoms with Gasteiger partial charge in [-0.3, -0.25) is 0 Å². The van der Waals surface area contributed by atoms with Crippen molar-refractivity contribution in [3.63, 3.8) is 0 Å². The molecule has 0 heterocycles. The van der Waals surface area contributed by atoms with E-state index in [2.05, 4.69) is 36.5 Å². The van der Waals surface area contributed by atoms with Crippen molar-refractivity contribution < 1.29 is 0 Å². The lowest BCUT2D eigenvalue weighted by Crippen LogP contribution is -2.14. The SMILES string of the molecule is Cc1ccc(CNCCCCCCN)cc1. The Bertz CT molecular complexity index is 267. The number of aryl methyl sites for hydroxylation is 1. The molecule has 0 aliphatic rings. The van der Waals surface area contributed by atoms with Gasteiger partial charge in [0.05, 0.1) is 0 Å². The van der Waals surface area contributed by atoms with Gasteiger partial charge in [-0.1, -0.05) is 42.7 Å². The Morgan fingerprint density at radius 2 is 1.69 bits per heavy atom. The van der Waals surface area contributed by atoms with Gasteiger partial charge >= 0.3 is 0 Å². The van der Waals surface area contributed by atoms with Crippen molar-refractivity contribution in [3.05, 3.63) is 35.4 Å². The molecular formula is C14H24N2.